The number of amides is 1. The number of H-pyrrole nitrogens is 1. The molecule has 5 nitrogen and oxygen atoms in total. The predicted octanol–water partition coefficient (Wildman–Crippen LogP) is 3.67. The van der Waals surface area contributed by atoms with Crippen molar-refractivity contribution in [2.45, 2.75) is 45.6 Å². The van der Waals surface area contributed by atoms with E-state index in [1.165, 1.54) is 0 Å². The van der Waals surface area contributed by atoms with Crippen molar-refractivity contribution in [2.75, 3.05) is 13.7 Å². The van der Waals surface area contributed by atoms with Gasteiger partial charge in [0, 0.05) is 29.7 Å². The molecule has 5 heteroatoms. The standard InChI is InChI=1S/C20H26N2O3/c1-13-8-10-15(11-9-13)22(3)18(23)12-25-20(24)19-14(2)21-17-7-5-4-6-16(17)19/h4-7,13,15,21H,8-12H2,1-3H3. The molecule has 1 aromatic carbocycles. The number of benzene rings is 1. The Bertz CT molecular complexity index is 772. The van der Waals surface area contributed by atoms with Gasteiger partial charge in [-0.25, -0.2) is 4.79 Å². The zero-order valence-corrected chi connectivity index (χ0v) is 15.2. The molecular weight excluding hydrogens is 316 g/mol. The molecule has 0 spiro atoms. The Hall–Kier alpha value is -2.30. The number of esters is 1. The summed E-state index contributed by atoms with van der Waals surface area (Å²) in [6, 6.07) is 7.86. The van der Waals surface area contributed by atoms with E-state index in [4.69, 9.17) is 4.74 Å². The van der Waals surface area contributed by atoms with Gasteiger partial charge in [-0.1, -0.05) is 25.1 Å². The lowest BCUT2D eigenvalue weighted by Gasteiger charge is -2.33. The topological polar surface area (TPSA) is 62.4 Å². The first-order chi connectivity index (χ1) is 12.0. The van der Waals surface area contributed by atoms with E-state index in [1.54, 1.807) is 4.90 Å². The molecule has 1 N–H and O–H groups in total. The molecule has 1 aliphatic carbocycles. The van der Waals surface area contributed by atoms with E-state index in [9.17, 15) is 9.59 Å². The van der Waals surface area contributed by atoms with Gasteiger partial charge in [-0.3, -0.25) is 4.79 Å². The lowest BCUT2D eigenvalue weighted by atomic mass is 9.87. The van der Waals surface area contributed by atoms with Gasteiger partial charge >= 0.3 is 5.97 Å². The maximum atomic E-state index is 12.5. The average molecular weight is 342 g/mol. The summed E-state index contributed by atoms with van der Waals surface area (Å²) >= 11 is 0. The van der Waals surface area contributed by atoms with Crippen molar-refractivity contribution < 1.29 is 14.3 Å². The third kappa shape index (κ3) is 3.70. The SMILES string of the molecule is Cc1[nH]c2ccccc2c1C(=O)OCC(=O)N(C)C1CCC(C)CC1. The highest BCUT2D eigenvalue weighted by Gasteiger charge is 2.26. The Labute approximate surface area is 148 Å². The highest BCUT2D eigenvalue weighted by Crippen LogP contribution is 2.27. The van der Waals surface area contributed by atoms with Crippen LogP contribution in [0, 0.1) is 12.8 Å². The Balaban J connectivity index is 1.61. The minimum atomic E-state index is -0.450. The maximum Gasteiger partial charge on any atom is 0.341 e. The molecule has 0 radical (unpaired) electrons. The number of para-hydroxylation sites is 1. The van der Waals surface area contributed by atoms with Crippen LogP contribution in [0.3, 0.4) is 0 Å². The summed E-state index contributed by atoms with van der Waals surface area (Å²) < 4.78 is 5.32. The molecule has 0 unspecified atom stereocenters. The fourth-order valence-electron chi connectivity index (χ4n) is 3.67. The average Bonchev–Trinajstić information content (AvgIpc) is 2.95. The number of aromatic amines is 1. The van der Waals surface area contributed by atoms with Crippen molar-refractivity contribution in [1.82, 2.24) is 9.88 Å². The molecule has 2 aromatic rings. The summed E-state index contributed by atoms with van der Waals surface area (Å²) in [5, 5.41) is 0.826. The van der Waals surface area contributed by atoms with Crippen molar-refractivity contribution in [1.29, 1.82) is 0 Å². The Kier molecular flexibility index (Phi) is 5.11. The van der Waals surface area contributed by atoms with E-state index >= 15 is 0 Å². The second-order valence-corrected chi connectivity index (χ2v) is 7.17. The van der Waals surface area contributed by atoms with Gasteiger partial charge in [0.05, 0.1) is 5.56 Å². The number of carbonyl (C=O) groups excluding carboxylic acids is 2. The number of likely N-dealkylation sites (N-methyl/N-ethyl adjacent to an activating group) is 1. The number of ether oxygens (including phenoxy) is 1. The zero-order chi connectivity index (χ0) is 18.0. The van der Waals surface area contributed by atoms with Gasteiger partial charge < -0.3 is 14.6 Å². The second kappa shape index (κ2) is 7.30. The summed E-state index contributed by atoms with van der Waals surface area (Å²) in [5.41, 5.74) is 2.16. The van der Waals surface area contributed by atoms with Crippen LogP contribution in [0.2, 0.25) is 0 Å². The van der Waals surface area contributed by atoms with Crippen molar-refractivity contribution in [2.24, 2.45) is 5.92 Å². The van der Waals surface area contributed by atoms with E-state index < -0.39 is 5.97 Å². The van der Waals surface area contributed by atoms with Crippen LogP contribution in [0.15, 0.2) is 24.3 Å². The smallest absolute Gasteiger partial charge is 0.341 e. The number of hydrogen-bond donors (Lipinski definition) is 1. The van der Waals surface area contributed by atoms with E-state index in [0.717, 1.165) is 48.2 Å². The van der Waals surface area contributed by atoms with Crippen LogP contribution in [0.4, 0.5) is 0 Å². The molecule has 1 saturated carbocycles. The van der Waals surface area contributed by atoms with Crippen molar-refractivity contribution in [3.8, 4) is 0 Å². The molecule has 0 bridgehead atoms. The Morgan fingerprint density at radius 3 is 2.60 bits per heavy atom. The van der Waals surface area contributed by atoms with Gasteiger partial charge in [0.15, 0.2) is 6.61 Å². The number of rotatable bonds is 4. The summed E-state index contributed by atoms with van der Waals surface area (Å²) in [5.74, 6) is 0.154. The van der Waals surface area contributed by atoms with Gasteiger partial charge in [0.25, 0.3) is 5.91 Å². The van der Waals surface area contributed by atoms with Gasteiger partial charge in [0.1, 0.15) is 0 Å². The quantitative estimate of drug-likeness (QED) is 0.862. The minimum Gasteiger partial charge on any atom is -0.452 e. The molecule has 1 heterocycles. The molecule has 3 rings (SSSR count). The molecule has 0 aliphatic heterocycles. The largest absolute Gasteiger partial charge is 0.452 e. The third-order valence-electron chi connectivity index (χ3n) is 5.35. The van der Waals surface area contributed by atoms with Crippen molar-refractivity contribution in [3.05, 3.63) is 35.5 Å². The molecule has 1 amide bonds. The molecular formula is C20H26N2O3. The third-order valence-corrected chi connectivity index (χ3v) is 5.35. The van der Waals surface area contributed by atoms with E-state index in [2.05, 4.69) is 11.9 Å². The molecule has 1 aliphatic rings. The van der Waals surface area contributed by atoms with Crippen molar-refractivity contribution >= 4 is 22.8 Å². The highest BCUT2D eigenvalue weighted by atomic mass is 16.5. The molecule has 0 saturated heterocycles. The first-order valence-electron chi connectivity index (χ1n) is 8.97. The van der Waals surface area contributed by atoms with Crippen LogP contribution in [0.5, 0.6) is 0 Å². The van der Waals surface area contributed by atoms with E-state index in [-0.39, 0.29) is 18.6 Å². The molecule has 1 fully saturated rings. The number of fused-ring (bicyclic) bond motifs is 1. The summed E-state index contributed by atoms with van der Waals surface area (Å²) in [4.78, 5) is 29.8. The lowest BCUT2D eigenvalue weighted by Crippen LogP contribution is -2.41. The highest BCUT2D eigenvalue weighted by molar-refractivity contribution is 6.06. The number of nitrogens with zero attached hydrogens (tertiary/aromatic N) is 1. The fourth-order valence-corrected chi connectivity index (χ4v) is 3.67. The molecule has 0 atom stereocenters. The zero-order valence-electron chi connectivity index (χ0n) is 15.2. The number of carbonyl (C=O) groups is 2. The number of aryl methyl sites for hydroxylation is 1. The van der Waals surface area contributed by atoms with Crippen LogP contribution >= 0.6 is 0 Å². The second-order valence-electron chi connectivity index (χ2n) is 7.17. The van der Waals surface area contributed by atoms with Crippen LogP contribution in [-0.4, -0.2) is 41.5 Å². The van der Waals surface area contributed by atoms with Gasteiger partial charge in [-0.2, -0.15) is 0 Å². The maximum absolute atomic E-state index is 12.5. The monoisotopic (exact) mass is 342 g/mol. The number of nitrogens with one attached hydrogen (secondary N) is 1. The van der Waals surface area contributed by atoms with Gasteiger partial charge in [-0.15, -0.1) is 0 Å². The number of aromatic nitrogens is 1. The first-order valence-corrected chi connectivity index (χ1v) is 8.97. The fraction of sp³-hybridized carbons (Fsp3) is 0.500. The predicted molar refractivity (Wildman–Crippen MR) is 97.5 cm³/mol. The lowest BCUT2D eigenvalue weighted by molar-refractivity contribution is -0.136. The van der Waals surface area contributed by atoms with Gasteiger partial charge in [-0.05, 0) is 44.6 Å². The normalized spacial score (nSPS) is 20.4. The van der Waals surface area contributed by atoms with E-state index in [0.29, 0.717) is 5.56 Å². The Morgan fingerprint density at radius 1 is 1.20 bits per heavy atom. The molecule has 134 valence electrons. The molecule has 1 aromatic heterocycles. The summed E-state index contributed by atoms with van der Waals surface area (Å²) in [6.07, 6.45) is 4.35. The molecule has 25 heavy (non-hydrogen) atoms. The summed E-state index contributed by atoms with van der Waals surface area (Å²) in [6.45, 7) is 3.89. The Morgan fingerprint density at radius 2 is 1.88 bits per heavy atom. The van der Waals surface area contributed by atoms with Crippen LogP contribution in [0.25, 0.3) is 10.9 Å². The van der Waals surface area contributed by atoms with Crippen LogP contribution in [-0.2, 0) is 9.53 Å². The minimum absolute atomic E-state index is 0.134. The van der Waals surface area contributed by atoms with Gasteiger partial charge in [0.2, 0.25) is 0 Å². The van der Waals surface area contributed by atoms with Crippen molar-refractivity contribution in [3.63, 3.8) is 0 Å². The summed E-state index contributed by atoms with van der Waals surface area (Å²) in [7, 11) is 1.81. The number of hydrogen-bond acceptors (Lipinski definition) is 3. The van der Waals surface area contributed by atoms with E-state index in [1.807, 2.05) is 38.2 Å². The first kappa shape index (κ1) is 17.5. The van der Waals surface area contributed by atoms with Crippen LogP contribution < -0.4 is 0 Å². The van der Waals surface area contributed by atoms with Crippen LogP contribution in [0.1, 0.15) is 48.7 Å².